The lowest BCUT2D eigenvalue weighted by Gasteiger charge is -2.20. The molecule has 0 radical (unpaired) electrons. The third kappa shape index (κ3) is 4.90. The lowest BCUT2D eigenvalue weighted by Crippen LogP contribution is -2.38. The van der Waals surface area contributed by atoms with E-state index in [0.717, 1.165) is 35.3 Å². The molecule has 1 saturated carbocycles. The Kier molecular flexibility index (Phi) is 6.47. The maximum absolute atomic E-state index is 4.80. The molecule has 0 saturated heterocycles. The molecule has 1 aromatic carbocycles. The Balaban J connectivity index is 1.40. The van der Waals surface area contributed by atoms with Gasteiger partial charge in [0.1, 0.15) is 5.82 Å². The normalized spacial score (nSPS) is 14.9. The first kappa shape index (κ1) is 20.2. The highest BCUT2D eigenvalue weighted by Gasteiger charge is 2.17. The van der Waals surface area contributed by atoms with Gasteiger partial charge in [0.05, 0.1) is 36.7 Å². The van der Waals surface area contributed by atoms with Crippen LogP contribution >= 0.6 is 0 Å². The largest absolute Gasteiger partial charge is 0.357 e. The zero-order valence-electron chi connectivity index (χ0n) is 17.9. The third-order valence-electron chi connectivity index (χ3n) is 5.55. The number of hydrogen-bond donors (Lipinski definition) is 2. The SMILES string of the molecule is CCNC(=NCc1ccn(C2CCCC2)n1)N(C)Cc1ncc(-c2ccccc2)[nH]1. The van der Waals surface area contributed by atoms with Crippen molar-refractivity contribution in [2.75, 3.05) is 13.6 Å². The predicted molar refractivity (Wildman–Crippen MR) is 120 cm³/mol. The van der Waals surface area contributed by atoms with Gasteiger partial charge >= 0.3 is 0 Å². The van der Waals surface area contributed by atoms with Gasteiger partial charge in [0.2, 0.25) is 0 Å². The van der Waals surface area contributed by atoms with Gasteiger partial charge in [0, 0.05) is 19.8 Å². The Bertz CT molecular complexity index is 951. The van der Waals surface area contributed by atoms with Crippen molar-refractivity contribution >= 4 is 5.96 Å². The molecule has 2 aromatic heterocycles. The van der Waals surface area contributed by atoms with Gasteiger partial charge in [0.25, 0.3) is 0 Å². The molecule has 0 bridgehead atoms. The number of rotatable bonds is 7. The molecule has 1 aliphatic carbocycles. The van der Waals surface area contributed by atoms with E-state index >= 15 is 0 Å². The smallest absolute Gasteiger partial charge is 0.194 e. The predicted octanol–water partition coefficient (Wildman–Crippen LogP) is 3.99. The van der Waals surface area contributed by atoms with Gasteiger partial charge in [-0.1, -0.05) is 43.2 Å². The molecule has 158 valence electrons. The Morgan fingerprint density at radius 3 is 2.80 bits per heavy atom. The fourth-order valence-corrected chi connectivity index (χ4v) is 3.97. The molecule has 0 spiro atoms. The summed E-state index contributed by atoms with van der Waals surface area (Å²) < 4.78 is 2.13. The van der Waals surface area contributed by atoms with Gasteiger partial charge in [-0.25, -0.2) is 9.98 Å². The fraction of sp³-hybridized carbons (Fsp3) is 0.435. The van der Waals surface area contributed by atoms with Crippen LogP contribution in [0.4, 0.5) is 0 Å². The number of nitrogens with one attached hydrogen (secondary N) is 2. The van der Waals surface area contributed by atoms with Gasteiger partial charge in [-0.15, -0.1) is 0 Å². The van der Waals surface area contributed by atoms with Gasteiger partial charge < -0.3 is 15.2 Å². The molecule has 0 aliphatic heterocycles. The van der Waals surface area contributed by atoms with E-state index in [2.05, 4.69) is 56.2 Å². The van der Waals surface area contributed by atoms with E-state index in [1.807, 2.05) is 31.4 Å². The standard InChI is InChI=1S/C23H31N7/c1-3-24-23(26-15-19-13-14-30(28-19)20-11-7-8-12-20)29(2)17-22-25-16-21(27-22)18-9-5-4-6-10-18/h4-6,9-10,13-14,16,20H,3,7-8,11-12,15,17H2,1-2H3,(H,24,26)(H,25,27). The average Bonchev–Trinajstić information content (AvgIpc) is 3.53. The Morgan fingerprint density at radius 2 is 2.03 bits per heavy atom. The fourth-order valence-electron chi connectivity index (χ4n) is 3.97. The minimum absolute atomic E-state index is 0.566. The minimum atomic E-state index is 0.566. The first-order chi connectivity index (χ1) is 14.7. The van der Waals surface area contributed by atoms with E-state index in [-0.39, 0.29) is 0 Å². The summed E-state index contributed by atoms with van der Waals surface area (Å²) in [6.45, 7) is 4.11. The second kappa shape index (κ2) is 9.61. The quantitative estimate of drug-likeness (QED) is 0.460. The van der Waals surface area contributed by atoms with Crippen LogP contribution < -0.4 is 5.32 Å². The van der Waals surface area contributed by atoms with Crippen molar-refractivity contribution < 1.29 is 0 Å². The van der Waals surface area contributed by atoms with Crippen molar-refractivity contribution in [1.82, 2.24) is 30.0 Å². The molecule has 2 heterocycles. The summed E-state index contributed by atoms with van der Waals surface area (Å²) in [5.41, 5.74) is 3.17. The lowest BCUT2D eigenvalue weighted by molar-refractivity contribution is 0.458. The minimum Gasteiger partial charge on any atom is -0.357 e. The molecule has 2 N–H and O–H groups in total. The molecule has 0 atom stereocenters. The number of hydrogen-bond acceptors (Lipinski definition) is 3. The summed E-state index contributed by atoms with van der Waals surface area (Å²) in [6, 6.07) is 12.9. The number of benzene rings is 1. The van der Waals surface area contributed by atoms with Crippen LogP contribution in [-0.2, 0) is 13.1 Å². The Morgan fingerprint density at radius 1 is 1.23 bits per heavy atom. The van der Waals surface area contributed by atoms with E-state index < -0.39 is 0 Å². The topological polar surface area (TPSA) is 74.1 Å². The maximum Gasteiger partial charge on any atom is 0.194 e. The number of aromatic amines is 1. The molecule has 3 aromatic rings. The molecular formula is C23H31N7. The highest BCUT2D eigenvalue weighted by molar-refractivity contribution is 5.79. The van der Waals surface area contributed by atoms with Crippen LogP contribution in [0.1, 0.15) is 50.2 Å². The Labute approximate surface area is 178 Å². The van der Waals surface area contributed by atoms with Crippen LogP contribution in [0.15, 0.2) is 53.8 Å². The molecule has 1 fully saturated rings. The second-order valence-electron chi connectivity index (χ2n) is 7.86. The van der Waals surface area contributed by atoms with Gasteiger partial charge in [-0.2, -0.15) is 5.10 Å². The van der Waals surface area contributed by atoms with Crippen molar-refractivity contribution in [2.45, 2.75) is 51.7 Å². The molecule has 1 aliphatic rings. The second-order valence-corrected chi connectivity index (χ2v) is 7.86. The van der Waals surface area contributed by atoms with Crippen LogP contribution in [0, 0.1) is 0 Å². The van der Waals surface area contributed by atoms with E-state index in [9.17, 15) is 0 Å². The van der Waals surface area contributed by atoms with Crippen molar-refractivity contribution in [3.05, 3.63) is 60.3 Å². The van der Waals surface area contributed by atoms with E-state index in [4.69, 9.17) is 10.1 Å². The summed E-state index contributed by atoms with van der Waals surface area (Å²) in [4.78, 5) is 14.8. The summed E-state index contributed by atoms with van der Waals surface area (Å²) in [7, 11) is 2.03. The van der Waals surface area contributed by atoms with E-state index in [1.54, 1.807) is 0 Å². The highest BCUT2D eigenvalue weighted by Crippen LogP contribution is 2.28. The zero-order chi connectivity index (χ0) is 20.8. The first-order valence-corrected chi connectivity index (χ1v) is 10.9. The monoisotopic (exact) mass is 405 g/mol. The average molecular weight is 406 g/mol. The lowest BCUT2D eigenvalue weighted by atomic mass is 10.2. The van der Waals surface area contributed by atoms with Gasteiger partial charge in [-0.3, -0.25) is 4.68 Å². The molecule has 0 amide bonds. The molecule has 7 nitrogen and oxygen atoms in total. The van der Waals surface area contributed by atoms with Crippen LogP contribution in [0.3, 0.4) is 0 Å². The molecule has 7 heteroatoms. The molecular weight excluding hydrogens is 374 g/mol. The number of guanidine groups is 1. The van der Waals surface area contributed by atoms with Crippen LogP contribution in [0.5, 0.6) is 0 Å². The van der Waals surface area contributed by atoms with Crippen molar-refractivity contribution in [1.29, 1.82) is 0 Å². The number of nitrogens with zero attached hydrogens (tertiary/aromatic N) is 5. The molecule has 30 heavy (non-hydrogen) atoms. The first-order valence-electron chi connectivity index (χ1n) is 10.9. The third-order valence-corrected chi connectivity index (χ3v) is 5.55. The van der Waals surface area contributed by atoms with Crippen molar-refractivity contribution in [2.24, 2.45) is 4.99 Å². The number of aromatic nitrogens is 4. The van der Waals surface area contributed by atoms with Crippen molar-refractivity contribution in [3.63, 3.8) is 0 Å². The van der Waals surface area contributed by atoms with Crippen molar-refractivity contribution in [3.8, 4) is 11.3 Å². The van der Waals surface area contributed by atoms with E-state index in [1.165, 1.54) is 25.7 Å². The number of imidazole rings is 1. The summed E-state index contributed by atoms with van der Waals surface area (Å²) in [6.07, 6.45) is 9.09. The summed E-state index contributed by atoms with van der Waals surface area (Å²) >= 11 is 0. The maximum atomic E-state index is 4.80. The van der Waals surface area contributed by atoms with Gasteiger partial charge in [0.15, 0.2) is 5.96 Å². The summed E-state index contributed by atoms with van der Waals surface area (Å²) in [5.74, 6) is 1.76. The van der Waals surface area contributed by atoms with Gasteiger partial charge in [-0.05, 0) is 31.4 Å². The Hall–Kier alpha value is -3.09. The van der Waals surface area contributed by atoms with Crippen LogP contribution in [0.25, 0.3) is 11.3 Å². The summed E-state index contributed by atoms with van der Waals surface area (Å²) in [5, 5.41) is 8.12. The van der Waals surface area contributed by atoms with E-state index in [0.29, 0.717) is 19.1 Å². The number of aliphatic imine (C=N–C) groups is 1. The molecule has 4 rings (SSSR count). The van der Waals surface area contributed by atoms with Crippen LogP contribution in [-0.4, -0.2) is 44.2 Å². The highest BCUT2D eigenvalue weighted by atomic mass is 15.3. The number of H-pyrrole nitrogens is 1. The molecule has 0 unspecified atom stereocenters. The zero-order valence-corrected chi connectivity index (χ0v) is 17.9. The van der Waals surface area contributed by atoms with Crippen LogP contribution in [0.2, 0.25) is 0 Å².